The van der Waals surface area contributed by atoms with Crippen molar-refractivity contribution in [1.82, 2.24) is 0 Å². The van der Waals surface area contributed by atoms with Crippen LogP contribution in [0.4, 0.5) is 11.4 Å². The molecule has 0 aliphatic rings. The molecule has 0 fully saturated rings. The van der Waals surface area contributed by atoms with Crippen LogP contribution >= 0.6 is 23.2 Å². The molecule has 0 heterocycles. The van der Waals surface area contributed by atoms with Crippen LogP contribution in [0.3, 0.4) is 0 Å². The van der Waals surface area contributed by atoms with E-state index in [9.17, 15) is 4.79 Å². The van der Waals surface area contributed by atoms with Crippen LogP contribution in [0.5, 0.6) is 5.75 Å². The highest BCUT2D eigenvalue weighted by atomic mass is 35.5. The van der Waals surface area contributed by atoms with E-state index in [0.29, 0.717) is 27.2 Å². The number of carbonyl (C=O) groups excluding carboxylic acids is 1. The molecule has 0 aliphatic heterocycles. The van der Waals surface area contributed by atoms with E-state index in [1.165, 1.54) is 0 Å². The van der Waals surface area contributed by atoms with E-state index in [-0.39, 0.29) is 5.91 Å². The van der Waals surface area contributed by atoms with E-state index in [1.54, 1.807) is 49.4 Å². The molecule has 2 rings (SSSR count). The number of anilines is 2. The topological polar surface area (TPSA) is 64.3 Å². The Morgan fingerprint density at radius 3 is 2.67 bits per heavy atom. The van der Waals surface area contributed by atoms with Crippen LogP contribution in [0.2, 0.25) is 10.0 Å². The molecule has 2 aromatic carbocycles. The average molecular weight is 325 g/mol. The van der Waals surface area contributed by atoms with E-state index in [4.69, 9.17) is 33.7 Å². The molecule has 0 radical (unpaired) electrons. The van der Waals surface area contributed by atoms with Crippen molar-refractivity contribution in [3.05, 3.63) is 52.5 Å². The lowest BCUT2D eigenvalue weighted by molar-refractivity contribution is -0.122. The second kappa shape index (κ2) is 6.70. The third-order valence-electron chi connectivity index (χ3n) is 2.75. The minimum atomic E-state index is -0.681. The Morgan fingerprint density at radius 1 is 1.24 bits per heavy atom. The average Bonchev–Trinajstić information content (AvgIpc) is 2.43. The summed E-state index contributed by atoms with van der Waals surface area (Å²) in [6, 6.07) is 11.7. The molecule has 1 amide bonds. The van der Waals surface area contributed by atoms with E-state index < -0.39 is 6.10 Å². The molecule has 0 saturated carbocycles. The van der Waals surface area contributed by atoms with Gasteiger partial charge in [0.1, 0.15) is 5.75 Å². The Bertz CT molecular complexity index is 662. The van der Waals surface area contributed by atoms with Crippen LogP contribution in [0.25, 0.3) is 0 Å². The van der Waals surface area contributed by atoms with Gasteiger partial charge in [0.05, 0.1) is 10.7 Å². The predicted octanol–water partition coefficient (Wildman–Crippen LogP) is 3.98. The molecule has 0 saturated heterocycles. The largest absolute Gasteiger partial charge is 0.481 e. The van der Waals surface area contributed by atoms with Crippen molar-refractivity contribution in [3.8, 4) is 5.75 Å². The summed E-state index contributed by atoms with van der Waals surface area (Å²) in [5.41, 5.74) is 6.63. The molecule has 3 N–H and O–H groups in total. The Hall–Kier alpha value is -1.91. The van der Waals surface area contributed by atoms with Gasteiger partial charge < -0.3 is 15.8 Å². The number of hydrogen-bond donors (Lipinski definition) is 2. The van der Waals surface area contributed by atoms with E-state index >= 15 is 0 Å². The maximum Gasteiger partial charge on any atom is 0.265 e. The molecule has 4 nitrogen and oxygen atoms in total. The number of benzene rings is 2. The van der Waals surface area contributed by atoms with Gasteiger partial charge in [-0.25, -0.2) is 0 Å². The van der Waals surface area contributed by atoms with Crippen LogP contribution in [0.15, 0.2) is 42.5 Å². The smallest absolute Gasteiger partial charge is 0.265 e. The van der Waals surface area contributed by atoms with E-state index in [0.717, 1.165) is 0 Å². The summed E-state index contributed by atoms with van der Waals surface area (Å²) in [6.07, 6.45) is -0.681. The molecule has 21 heavy (non-hydrogen) atoms. The summed E-state index contributed by atoms with van der Waals surface area (Å²) in [6.45, 7) is 1.65. The standard InChI is InChI=1S/C15H14Cl2N2O2/c1-9(21-12-4-2-3-10(16)7-12)15(20)19-11-5-6-14(18)13(17)8-11/h2-9H,18H2,1H3,(H,19,20). The molecule has 1 atom stereocenters. The second-order valence-electron chi connectivity index (χ2n) is 4.44. The minimum Gasteiger partial charge on any atom is -0.481 e. The molecule has 0 spiro atoms. The van der Waals surface area contributed by atoms with Gasteiger partial charge in [-0.15, -0.1) is 0 Å². The third kappa shape index (κ3) is 4.28. The zero-order valence-corrected chi connectivity index (χ0v) is 12.8. The zero-order chi connectivity index (χ0) is 15.4. The second-order valence-corrected chi connectivity index (χ2v) is 5.29. The maximum atomic E-state index is 12.1. The molecule has 6 heteroatoms. The fraction of sp³-hybridized carbons (Fsp3) is 0.133. The van der Waals surface area contributed by atoms with Crippen molar-refractivity contribution < 1.29 is 9.53 Å². The van der Waals surface area contributed by atoms with Crippen LogP contribution in [-0.2, 0) is 4.79 Å². The van der Waals surface area contributed by atoms with Gasteiger partial charge in [0.25, 0.3) is 5.91 Å². The molecule has 0 aliphatic carbocycles. The van der Waals surface area contributed by atoms with Crippen molar-refractivity contribution in [3.63, 3.8) is 0 Å². The number of amides is 1. The summed E-state index contributed by atoms with van der Waals surface area (Å²) in [5.74, 6) is 0.233. The van der Waals surface area contributed by atoms with Crippen molar-refractivity contribution in [2.24, 2.45) is 0 Å². The Morgan fingerprint density at radius 2 is 2.00 bits per heavy atom. The normalized spacial score (nSPS) is 11.8. The SMILES string of the molecule is CC(Oc1cccc(Cl)c1)C(=O)Nc1ccc(N)c(Cl)c1. The first-order valence-corrected chi connectivity index (χ1v) is 6.99. The summed E-state index contributed by atoms with van der Waals surface area (Å²) >= 11 is 11.8. The van der Waals surface area contributed by atoms with Gasteiger partial charge in [-0.1, -0.05) is 29.3 Å². The summed E-state index contributed by atoms with van der Waals surface area (Å²) in [5, 5.41) is 3.64. The quantitative estimate of drug-likeness (QED) is 0.836. The number of carbonyl (C=O) groups is 1. The number of halogens is 2. The third-order valence-corrected chi connectivity index (χ3v) is 3.31. The highest BCUT2D eigenvalue weighted by molar-refractivity contribution is 6.33. The lowest BCUT2D eigenvalue weighted by atomic mass is 10.2. The maximum absolute atomic E-state index is 12.1. The van der Waals surface area contributed by atoms with Gasteiger partial charge >= 0.3 is 0 Å². The number of hydrogen-bond acceptors (Lipinski definition) is 3. The first kappa shape index (κ1) is 15.5. The molecule has 2 aromatic rings. The van der Waals surface area contributed by atoms with E-state index in [1.807, 2.05) is 0 Å². The summed E-state index contributed by atoms with van der Waals surface area (Å²) < 4.78 is 5.53. The number of nitrogen functional groups attached to an aromatic ring is 1. The Labute approximate surface area is 132 Å². The van der Waals surface area contributed by atoms with Crippen LogP contribution < -0.4 is 15.8 Å². The lowest BCUT2D eigenvalue weighted by Gasteiger charge is -2.15. The molecular formula is C15H14Cl2N2O2. The molecule has 110 valence electrons. The van der Waals surface area contributed by atoms with E-state index in [2.05, 4.69) is 5.32 Å². The fourth-order valence-electron chi connectivity index (χ4n) is 1.65. The van der Waals surface area contributed by atoms with Crippen LogP contribution in [0, 0.1) is 0 Å². The summed E-state index contributed by atoms with van der Waals surface area (Å²) in [4.78, 5) is 12.1. The number of nitrogens with two attached hydrogens (primary N) is 1. The first-order chi connectivity index (χ1) is 9.95. The minimum absolute atomic E-state index is 0.296. The first-order valence-electron chi connectivity index (χ1n) is 6.24. The number of ether oxygens (including phenoxy) is 1. The van der Waals surface area contributed by atoms with Gasteiger partial charge in [-0.2, -0.15) is 0 Å². The number of nitrogens with one attached hydrogen (secondary N) is 1. The van der Waals surface area contributed by atoms with Gasteiger partial charge in [0, 0.05) is 10.7 Å². The molecule has 0 bridgehead atoms. The zero-order valence-electron chi connectivity index (χ0n) is 11.3. The highest BCUT2D eigenvalue weighted by Gasteiger charge is 2.15. The summed E-state index contributed by atoms with van der Waals surface area (Å²) in [7, 11) is 0. The number of rotatable bonds is 4. The van der Waals surface area contributed by atoms with Crippen molar-refractivity contribution in [2.45, 2.75) is 13.0 Å². The van der Waals surface area contributed by atoms with Crippen molar-refractivity contribution in [1.29, 1.82) is 0 Å². The highest BCUT2D eigenvalue weighted by Crippen LogP contribution is 2.23. The van der Waals surface area contributed by atoms with Gasteiger partial charge in [0.15, 0.2) is 6.10 Å². The monoisotopic (exact) mass is 324 g/mol. The van der Waals surface area contributed by atoms with Gasteiger partial charge in [0.2, 0.25) is 0 Å². The molecular weight excluding hydrogens is 311 g/mol. The van der Waals surface area contributed by atoms with Crippen molar-refractivity contribution in [2.75, 3.05) is 11.1 Å². The molecule has 0 aromatic heterocycles. The van der Waals surface area contributed by atoms with Crippen LogP contribution in [-0.4, -0.2) is 12.0 Å². The molecule has 1 unspecified atom stereocenters. The fourth-order valence-corrected chi connectivity index (χ4v) is 2.01. The van der Waals surface area contributed by atoms with Crippen LogP contribution in [0.1, 0.15) is 6.92 Å². The Kier molecular flexibility index (Phi) is 4.94. The Balaban J connectivity index is 2.00. The van der Waals surface area contributed by atoms with Gasteiger partial charge in [-0.3, -0.25) is 4.79 Å². The van der Waals surface area contributed by atoms with Crippen molar-refractivity contribution >= 4 is 40.5 Å². The lowest BCUT2D eigenvalue weighted by Crippen LogP contribution is -2.30. The predicted molar refractivity (Wildman–Crippen MR) is 86.0 cm³/mol. The van der Waals surface area contributed by atoms with Gasteiger partial charge in [-0.05, 0) is 43.3 Å².